The lowest BCUT2D eigenvalue weighted by Crippen LogP contribution is -2.54. The van der Waals surface area contributed by atoms with Gasteiger partial charge in [-0.3, -0.25) is 0 Å². The average molecular weight is 272 g/mol. The molecule has 1 aliphatic heterocycles. The molecule has 6 heteroatoms. The number of urea groups is 1. The summed E-state index contributed by atoms with van der Waals surface area (Å²) in [6.07, 6.45) is 1.60. The third-order valence-corrected chi connectivity index (χ3v) is 3.64. The van der Waals surface area contributed by atoms with Crippen LogP contribution in [-0.2, 0) is 9.53 Å². The highest BCUT2D eigenvalue weighted by atomic mass is 16.5. The van der Waals surface area contributed by atoms with Gasteiger partial charge in [0.2, 0.25) is 0 Å². The topological polar surface area (TPSA) is 78.9 Å². The van der Waals surface area contributed by atoms with Gasteiger partial charge in [-0.05, 0) is 12.3 Å². The molecule has 110 valence electrons. The zero-order chi connectivity index (χ0) is 14.4. The number of nitrogens with zero attached hydrogens (tertiary/aromatic N) is 1. The Labute approximate surface area is 114 Å². The third kappa shape index (κ3) is 4.38. The maximum atomic E-state index is 12.1. The summed E-state index contributed by atoms with van der Waals surface area (Å²) < 4.78 is 5.49. The van der Waals surface area contributed by atoms with Gasteiger partial charge >= 0.3 is 12.0 Å². The van der Waals surface area contributed by atoms with Gasteiger partial charge in [-0.2, -0.15) is 0 Å². The molecule has 1 heterocycles. The van der Waals surface area contributed by atoms with Crippen molar-refractivity contribution in [3.05, 3.63) is 0 Å². The first-order valence-corrected chi connectivity index (χ1v) is 6.89. The molecule has 0 radical (unpaired) electrons. The zero-order valence-corrected chi connectivity index (χ0v) is 11.9. The van der Waals surface area contributed by atoms with Gasteiger partial charge in [0, 0.05) is 13.1 Å². The van der Waals surface area contributed by atoms with E-state index in [0.717, 1.165) is 6.42 Å². The molecule has 0 bridgehead atoms. The smallest absolute Gasteiger partial charge is 0.326 e. The van der Waals surface area contributed by atoms with Crippen molar-refractivity contribution in [2.24, 2.45) is 5.92 Å². The highest BCUT2D eigenvalue weighted by Crippen LogP contribution is 2.11. The molecule has 1 aliphatic rings. The van der Waals surface area contributed by atoms with Crippen molar-refractivity contribution in [1.82, 2.24) is 10.2 Å². The molecule has 0 aromatic rings. The van der Waals surface area contributed by atoms with Gasteiger partial charge in [-0.15, -0.1) is 0 Å². The molecule has 0 spiro atoms. The standard InChI is InChI=1S/C13H24N2O4/c1-4-9(3)11(12(16)17)14-13(18)15-6-7-19-10(5-2)8-15/h9-11H,4-8H2,1-3H3,(H,14,18)(H,16,17)/t9-,10?,11-/m0/s1. The van der Waals surface area contributed by atoms with E-state index < -0.39 is 12.0 Å². The summed E-state index contributed by atoms with van der Waals surface area (Å²) in [5.74, 6) is -1.08. The second kappa shape index (κ2) is 7.33. The van der Waals surface area contributed by atoms with E-state index in [9.17, 15) is 9.59 Å². The number of ether oxygens (including phenoxy) is 1. The molecule has 0 saturated carbocycles. The number of aliphatic carboxylic acids is 1. The Morgan fingerprint density at radius 2 is 2.16 bits per heavy atom. The number of amides is 2. The van der Waals surface area contributed by atoms with Crippen LogP contribution in [0.15, 0.2) is 0 Å². The number of carboxylic acid groups (broad SMARTS) is 1. The molecule has 19 heavy (non-hydrogen) atoms. The van der Waals surface area contributed by atoms with Crippen molar-refractivity contribution in [1.29, 1.82) is 0 Å². The molecular formula is C13H24N2O4. The summed E-state index contributed by atoms with van der Waals surface area (Å²) in [5, 5.41) is 11.8. The van der Waals surface area contributed by atoms with Gasteiger partial charge in [-0.1, -0.05) is 27.2 Å². The van der Waals surface area contributed by atoms with E-state index in [0.29, 0.717) is 26.1 Å². The maximum absolute atomic E-state index is 12.1. The zero-order valence-electron chi connectivity index (χ0n) is 11.9. The van der Waals surface area contributed by atoms with E-state index in [2.05, 4.69) is 5.32 Å². The van der Waals surface area contributed by atoms with Crippen LogP contribution in [-0.4, -0.2) is 53.8 Å². The summed E-state index contributed by atoms with van der Waals surface area (Å²) in [7, 11) is 0. The third-order valence-electron chi connectivity index (χ3n) is 3.64. The van der Waals surface area contributed by atoms with Gasteiger partial charge < -0.3 is 20.1 Å². The fourth-order valence-corrected chi connectivity index (χ4v) is 2.06. The van der Waals surface area contributed by atoms with E-state index in [-0.39, 0.29) is 18.1 Å². The summed E-state index contributed by atoms with van der Waals surface area (Å²) >= 11 is 0. The lowest BCUT2D eigenvalue weighted by molar-refractivity contribution is -0.140. The number of rotatable bonds is 5. The Morgan fingerprint density at radius 1 is 1.47 bits per heavy atom. The second-order valence-electron chi connectivity index (χ2n) is 5.00. The normalized spacial score (nSPS) is 22.7. The van der Waals surface area contributed by atoms with Crippen molar-refractivity contribution in [2.75, 3.05) is 19.7 Å². The van der Waals surface area contributed by atoms with Crippen molar-refractivity contribution >= 4 is 12.0 Å². The molecular weight excluding hydrogens is 248 g/mol. The first kappa shape index (κ1) is 15.8. The first-order valence-electron chi connectivity index (χ1n) is 6.89. The molecule has 6 nitrogen and oxygen atoms in total. The van der Waals surface area contributed by atoms with Crippen molar-refractivity contribution in [3.63, 3.8) is 0 Å². The van der Waals surface area contributed by atoms with Crippen LogP contribution >= 0.6 is 0 Å². The number of nitrogens with one attached hydrogen (secondary N) is 1. The lowest BCUT2D eigenvalue weighted by Gasteiger charge is -2.33. The number of carbonyl (C=O) groups is 2. The molecule has 1 saturated heterocycles. The van der Waals surface area contributed by atoms with Crippen LogP contribution in [0.3, 0.4) is 0 Å². The minimum Gasteiger partial charge on any atom is -0.480 e. The predicted octanol–water partition coefficient (Wildman–Crippen LogP) is 1.31. The summed E-state index contributed by atoms with van der Waals surface area (Å²) in [5.41, 5.74) is 0. The number of hydrogen-bond acceptors (Lipinski definition) is 3. The quantitative estimate of drug-likeness (QED) is 0.791. The fraction of sp³-hybridized carbons (Fsp3) is 0.846. The van der Waals surface area contributed by atoms with E-state index in [4.69, 9.17) is 9.84 Å². The van der Waals surface area contributed by atoms with E-state index in [1.54, 1.807) is 4.90 Å². The largest absolute Gasteiger partial charge is 0.480 e. The Kier molecular flexibility index (Phi) is 6.08. The SMILES string of the molecule is CCC1CN(C(=O)N[C@H](C(=O)O)[C@@H](C)CC)CCO1. The minimum atomic E-state index is -0.983. The molecule has 1 unspecified atom stereocenters. The fourth-order valence-electron chi connectivity index (χ4n) is 2.06. The predicted molar refractivity (Wildman–Crippen MR) is 71.0 cm³/mol. The Hall–Kier alpha value is -1.30. The molecule has 1 rings (SSSR count). The van der Waals surface area contributed by atoms with Gasteiger partial charge in [0.15, 0.2) is 0 Å². The monoisotopic (exact) mass is 272 g/mol. The van der Waals surface area contributed by atoms with Gasteiger partial charge in [0.1, 0.15) is 6.04 Å². The molecule has 0 aliphatic carbocycles. The maximum Gasteiger partial charge on any atom is 0.326 e. The molecule has 3 atom stereocenters. The van der Waals surface area contributed by atoms with Gasteiger partial charge in [0.25, 0.3) is 0 Å². The highest BCUT2D eigenvalue weighted by molar-refractivity contribution is 5.82. The summed E-state index contributed by atoms with van der Waals surface area (Å²) in [6.45, 7) is 7.28. The summed E-state index contributed by atoms with van der Waals surface area (Å²) in [6, 6.07) is -1.14. The van der Waals surface area contributed by atoms with Crippen LogP contribution in [0.5, 0.6) is 0 Å². The highest BCUT2D eigenvalue weighted by Gasteiger charge is 2.29. The number of carboxylic acids is 1. The van der Waals surface area contributed by atoms with E-state index in [1.165, 1.54) is 0 Å². The Balaban J connectivity index is 2.58. The first-order chi connectivity index (χ1) is 8.99. The Bertz CT molecular complexity index is 322. The van der Waals surface area contributed by atoms with E-state index in [1.807, 2.05) is 20.8 Å². The van der Waals surface area contributed by atoms with Crippen LogP contribution in [0.4, 0.5) is 4.79 Å². The van der Waals surface area contributed by atoms with Crippen LogP contribution in [0.1, 0.15) is 33.6 Å². The lowest BCUT2D eigenvalue weighted by atomic mass is 9.99. The van der Waals surface area contributed by atoms with Crippen molar-refractivity contribution in [2.45, 2.75) is 45.8 Å². The number of carbonyl (C=O) groups excluding carboxylic acids is 1. The van der Waals surface area contributed by atoms with Crippen LogP contribution in [0.2, 0.25) is 0 Å². The van der Waals surface area contributed by atoms with Crippen molar-refractivity contribution < 1.29 is 19.4 Å². The molecule has 2 amide bonds. The minimum absolute atomic E-state index is 0.0476. The average Bonchev–Trinajstić information content (AvgIpc) is 2.43. The summed E-state index contributed by atoms with van der Waals surface area (Å²) in [4.78, 5) is 24.9. The van der Waals surface area contributed by atoms with Crippen LogP contribution < -0.4 is 5.32 Å². The van der Waals surface area contributed by atoms with E-state index >= 15 is 0 Å². The van der Waals surface area contributed by atoms with Gasteiger partial charge in [0.05, 0.1) is 12.7 Å². The Morgan fingerprint density at radius 3 is 2.68 bits per heavy atom. The van der Waals surface area contributed by atoms with Gasteiger partial charge in [-0.25, -0.2) is 9.59 Å². The van der Waals surface area contributed by atoms with Crippen molar-refractivity contribution in [3.8, 4) is 0 Å². The van der Waals surface area contributed by atoms with Crippen LogP contribution in [0.25, 0.3) is 0 Å². The second-order valence-corrected chi connectivity index (χ2v) is 5.00. The number of morpholine rings is 1. The molecule has 1 fully saturated rings. The molecule has 2 N–H and O–H groups in total. The van der Waals surface area contributed by atoms with Crippen LogP contribution in [0, 0.1) is 5.92 Å². The molecule has 0 aromatic carbocycles. The number of hydrogen-bond donors (Lipinski definition) is 2. The molecule has 0 aromatic heterocycles.